The first-order valence-corrected chi connectivity index (χ1v) is 7.15. The second kappa shape index (κ2) is 5.49. The van der Waals surface area contributed by atoms with E-state index in [1.807, 2.05) is 36.4 Å². The molecule has 0 radical (unpaired) electrons. The number of hydrogen-bond donors (Lipinski definition) is 0. The summed E-state index contributed by atoms with van der Waals surface area (Å²) in [5.41, 5.74) is 2.06. The Morgan fingerprint density at radius 2 is 1.78 bits per heavy atom. The van der Waals surface area contributed by atoms with Gasteiger partial charge in [0, 0.05) is 11.6 Å². The Morgan fingerprint density at radius 3 is 2.65 bits per heavy atom. The molecule has 0 aliphatic heterocycles. The molecule has 0 amide bonds. The zero-order valence-corrected chi connectivity index (χ0v) is 12.1. The first kappa shape index (κ1) is 13.4. The van der Waals surface area contributed by atoms with Gasteiger partial charge in [-0.15, -0.1) is 5.10 Å². The minimum absolute atomic E-state index is 0.191. The normalized spacial score (nSPS) is 11.0. The SMILES string of the molecule is O=c1c2ccccc2nnn1Cc1cc(-c2ccccc2)no1. The highest BCUT2D eigenvalue weighted by atomic mass is 16.5. The zero-order chi connectivity index (χ0) is 15.6. The van der Waals surface area contributed by atoms with Gasteiger partial charge < -0.3 is 4.52 Å². The van der Waals surface area contributed by atoms with Crippen molar-refractivity contribution in [1.29, 1.82) is 0 Å². The van der Waals surface area contributed by atoms with Gasteiger partial charge in [-0.1, -0.05) is 52.8 Å². The summed E-state index contributed by atoms with van der Waals surface area (Å²) in [4.78, 5) is 12.4. The van der Waals surface area contributed by atoms with E-state index in [0.717, 1.165) is 11.3 Å². The molecular formula is C17H12N4O2. The van der Waals surface area contributed by atoms with E-state index in [1.165, 1.54) is 4.68 Å². The van der Waals surface area contributed by atoms with Crippen molar-refractivity contribution in [2.75, 3.05) is 0 Å². The van der Waals surface area contributed by atoms with Gasteiger partial charge in [-0.2, -0.15) is 0 Å². The van der Waals surface area contributed by atoms with Crippen molar-refractivity contribution in [2.45, 2.75) is 6.54 Å². The molecule has 0 bridgehead atoms. The summed E-state index contributed by atoms with van der Waals surface area (Å²) in [6, 6.07) is 18.6. The zero-order valence-electron chi connectivity index (χ0n) is 12.1. The summed E-state index contributed by atoms with van der Waals surface area (Å²) in [5.74, 6) is 0.551. The van der Waals surface area contributed by atoms with E-state index >= 15 is 0 Å². The van der Waals surface area contributed by atoms with Crippen LogP contribution in [-0.4, -0.2) is 20.2 Å². The molecule has 0 aliphatic carbocycles. The van der Waals surface area contributed by atoms with E-state index in [1.54, 1.807) is 24.3 Å². The van der Waals surface area contributed by atoms with Crippen LogP contribution < -0.4 is 5.56 Å². The highest BCUT2D eigenvalue weighted by Crippen LogP contribution is 2.18. The lowest BCUT2D eigenvalue weighted by molar-refractivity contribution is 0.368. The molecule has 2 aromatic heterocycles. The standard InChI is InChI=1S/C17H12N4O2/c22-17-14-8-4-5-9-15(14)18-20-21(17)11-13-10-16(19-23-13)12-6-2-1-3-7-12/h1-10H,11H2. The maximum atomic E-state index is 12.4. The van der Waals surface area contributed by atoms with Gasteiger partial charge in [0.15, 0.2) is 5.76 Å². The quantitative estimate of drug-likeness (QED) is 0.581. The van der Waals surface area contributed by atoms with Crippen LogP contribution in [0.1, 0.15) is 5.76 Å². The number of aromatic nitrogens is 4. The van der Waals surface area contributed by atoms with Crippen molar-refractivity contribution in [2.24, 2.45) is 0 Å². The van der Waals surface area contributed by atoms with E-state index in [0.29, 0.717) is 16.7 Å². The van der Waals surface area contributed by atoms with Gasteiger partial charge in [0.1, 0.15) is 17.8 Å². The Bertz CT molecular complexity index is 1020. The largest absolute Gasteiger partial charge is 0.359 e. The second-order valence-electron chi connectivity index (χ2n) is 5.11. The maximum Gasteiger partial charge on any atom is 0.278 e. The van der Waals surface area contributed by atoms with Gasteiger partial charge >= 0.3 is 0 Å². The van der Waals surface area contributed by atoms with E-state index < -0.39 is 0 Å². The third-order valence-corrected chi connectivity index (χ3v) is 3.56. The van der Waals surface area contributed by atoms with Crippen LogP contribution in [0.4, 0.5) is 0 Å². The lowest BCUT2D eigenvalue weighted by atomic mass is 10.1. The summed E-state index contributed by atoms with van der Waals surface area (Å²) in [5, 5.41) is 12.6. The summed E-state index contributed by atoms with van der Waals surface area (Å²) in [6.45, 7) is 0.191. The monoisotopic (exact) mass is 304 g/mol. The predicted octanol–water partition coefficient (Wildman–Crippen LogP) is 2.49. The molecule has 0 unspecified atom stereocenters. The molecule has 6 heteroatoms. The fourth-order valence-corrected chi connectivity index (χ4v) is 2.41. The van der Waals surface area contributed by atoms with Crippen LogP contribution in [0.2, 0.25) is 0 Å². The van der Waals surface area contributed by atoms with E-state index in [-0.39, 0.29) is 12.1 Å². The van der Waals surface area contributed by atoms with Crippen molar-refractivity contribution in [3.8, 4) is 11.3 Å². The second-order valence-corrected chi connectivity index (χ2v) is 5.11. The highest BCUT2D eigenvalue weighted by Gasteiger charge is 2.10. The van der Waals surface area contributed by atoms with Crippen LogP contribution in [0.25, 0.3) is 22.2 Å². The first-order chi connectivity index (χ1) is 11.3. The van der Waals surface area contributed by atoms with Crippen LogP contribution >= 0.6 is 0 Å². The fraction of sp³-hybridized carbons (Fsp3) is 0.0588. The van der Waals surface area contributed by atoms with Gasteiger partial charge in [0.05, 0.1) is 5.39 Å². The molecule has 0 atom stereocenters. The Morgan fingerprint density at radius 1 is 1.00 bits per heavy atom. The minimum Gasteiger partial charge on any atom is -0.359 e. The van der Waals surface area contributed by atoms with E-state index in [4.69, 9.17) is 4.52 Å². The molecule has 6 nitrogen and oxygen atoms in total. The number of hydrogen-bond acceptors (Lipinski definition) is 5. The molecule has 0 N–H and O–H groups in total. The van der Waals surface area contributed by atoms with Gasteiger partial charge in [0.2, 0.25) is 0 Å². The lowest BCUT2D eigenvalue weighted by Crippen LogP contribution is -2.24. The third kappa shape index (κ3) is 2.50. The van der Waals surface area contributed by atoms with Gasteiger partial charge in [-0.3, -0.25) is 4.79 Å². The van der Waals surface area contributed by atoms with Crippen molar-refractivity contribution in [1.82, 2.24) is 20.2 Å². The minimum atomic E-state index is -0.201. The van der Waals surface area contributed by atoms with Crippen molar-refractivity contribution < 1.29 is 4.52 Å². The summed E-state index contributed by atoms with van der Waals surface area (Å²) in [6.07, 6.45) is 0. The average molecular weight is 304 g/mol. The van der Waals surface area contributed by atoms with Crippen LogP contribution in [0, 0.1) is 0 Å². The Hall–Kier alpha value is -3.28. The smallest absolute Gasteiger partial charge is 0.278 e. The van der Waals surface area contributed by atoms with E-state index in [2.05, 4.69) is 15.5 Å². The fourth-order valence-electron chi connectivity index (χ4n) is 2.41. The summed E-state index contributed by atoms with van der Waals surface area (Å²) in [7, 11) is 0. The molecule has 23 heavy (non-hydrogen) atoms. The Kier molecular flexibility index (Phi) is 3.20. The molecule has 4 rings (SSSR count). The molecule has 0 aliphatic rings. The molecule has 0 saturated heterocycles. The molecule has 4 aromatic rings. The molecule has 2 aromatic carbocycles. The number of benzene rings is 2. The molecule has 2 heterocycles. The Balaban J connectivity index is 1.68. The van der Waals surface area contributed by atoms with Crippen LogP contribution in [0.5, 0.6) is 0 Å². The summed E-state index contributed by atoms with van der Waals surface area (Å²) >= 11 is 0. The van der Waals surface area contributed by atoms with Gasteiger partial charge in [0.25, 0.3) is 5.56 Å². The predicted molar refractivity (Wildman–Crippen MR) is 84.8 cm³/mol. The lowest BCUT2D eigenvalue weighted by Gasteiger charge is -2.01. The molecule has 0 saturated carbocycles. The number of fused-ring (bicyclic) bond motifs is 1. The van der Waals surface area contributed by atoms with Crippen LogP contribution in [-0.2, 0) is 6.54 Å². The topological polar surface area (TPSA) is 73.8 Å². The van der Waals surface area contributed by atoms with E-state index in [9.17, 15) is 4.79 Å². The number of rotatable bonds is 3. The molecule has 0 fully saturated rings. The Labute approximate surface area is 131 Å². The maximum absolute atomic E-state index is 12.4. The average Bonchev–Trinajstić information content (AvgIpc) is 3.07. The van der Waals surface area contributed by atoms with Gasteiger partial charge in [-0.25, -0.2) is 4.68 Å². The molecular weight excluding hydrogens is 292 g/mol. The van der Waals surface area contributed by atoms with Crippen molar-refractivity contribution in [3.05, 3.63) is 76.8 Å². The highest BCUT2D eigenvalue weighted by molar-refractivity contribution is 5.76. The number of nitrogens with zero attached hydrogens (tertiary/aromatic N) is 4. The van der Waals surface area contributed by atoms with Crippen molar-refractivity contribution in [3.63, 3.8) is 0 Å². The van der Waals surface area contributed by atoms with Crippen LogP contribution in [0.15, 0.2) is 70.0 Å². The molecule has 0 spiro atoms. The van der Waals surface area contributed by atoms with Crippen LogP contribution in [0.3, 0.4) is 0 Å². The third-order valence-electron chi connectivity index (χ3n) is 3.56. The van der Waals surface area contributed by atoms with Gasteiger partial charge in [-0.05, 0) is 12.1 Å². The van der Waals surface area contributed by atoms with Crippen molar-refractivity contribution >= 4 is 10.9 Å². The molecule has 112 valence electrons. The summed E-state index contributed by atoms with van der Waals surface area (Å²) < 4.78 is 6.59. The first-order valence-electron chi connectivity index (χ1n) is 7.15.